The van der Waals surface area contributed by atoms with E-state index in [1.807, 2.05) is 41.1 Å². The molecular formula is C22H25N3O2. The number of aromatic nitrogens is 3. The summed E-state index contributed by atoms with van der Waals surface area (Å²) in [6.45, 7) is 7.01. The third kappa shape index (κ3) is 4.25. The van der Waals surface area contributed by atoms with Crippen LogP contribution in [0.3, 0.4) is 0 Å². The molecule has 0 bridgehead atoms. The molecule has 5 nitrogen and oxygen atoms in total. The van der Waals surface area contributed by atoms with Crippen LogP contribution in [0.4, 0.5) is 0 Å². The molecule has 0 radical (unpaired) electrons. The van der Waals surface area contributed by atoms with Crippen molar-refractivity contribution in [3.63, 3.8) is 0 Å². The summed E-state index contributed by atoms with van der Waals surface area (Å²) < 4.78 is 1.99. The molecule has 0 fully saturated rings. The zero-order chi connectivity index (χ0) is 19.4. The number of rotatable bonds is 7. The number of hydrogen-bond donors (Lipinski definition) is 1. The second kappa shape index (κ2) is 8.16. The maximum Gasteiger partial charge on any atom is 0.336 e. The lowest BCUT2D eigenvalue weighted by molar-refractivity contribution is 0.0697. The van der Waals surface area contributed by atoms with Crippen molar-refractivity contribution in [3.8, 4) is 11.1 Å². The van der Waals surface area contributed by atoms with Gasteiger partial charge in [-0.3, -0.25) is 0 Å². The van der Waals surface area contributed by atoms with Crippen molar-refractivity contribution >= 4 is 5.97 Å². The summed E-state index contributed by atoms with van der Waals surface area (Å²) in [7, 11) is 0. The van der Waals surface area contributed by atoms with Crippen LogP contribution in [0, 0.1) is 0 Å². The molecule has 0 saturated carbocycles. The molecule has 0 unspecified atom stereocenters. The Kier molecular flexibility index (Phi) is 5.69. The Morgan fingerprint density at radius 3 is 2.44 bits per heavy atom. The van der Waals surface area contributed by atoms with Gasteiger partial charge >= 0.3 is 5.97 Å². The Morgan fingerprint density at radius 1 is 1.11 bits per heavy atom. The molecule has 0 atom stereocenters. The number of aryl methyl sites for hydroxylation is 1. The first kappa shape index (κ1) is 18.8. The molecule has 0 spiro atoms. The second-order valence-electron chi connectivity index (χ2n) is 7.00. The number of nitrogens with zero attached hydrogens (tertiary/aromatic N) is 3. The van der Waals surface area contributed by atoms with Gasteiger partial charge in [0.2, 0.25) is 0 Å². The minimum atomic E-state index is -0.914. The maximum absolute atomic E-state index is 11.4. The molecular weight excluding hydrogens is 338 g/mol. The fraction of sp³-hybridized carbons (Fsp3) is 0.318. The molecule has 0 aliphatic carbocycles. The first-order valence-corrected chi connectivity index (χ1v) is 9.34. The van der Waals surface area contributed by atoms with E-state index >= 15 is 0 Å². The number of hydrogen-bond acceptors (Lipinski definition) is 3. The number of benzene rings is 2. The molecule has 0 amide bonds. The second-order valence-corrected chi connectivity index (χ2v) is 7.00. The van der Waals surface area contributed by atoms with Crippen LogP contribution in [0.5, 0.6) is 0 Å². The van der Waals surface area contributed by atoms with Crippen molar-refractivity contribution in [2.45, 2.75) is 46.1 Å². The molecule has 2 aromatic carbocycles. The maximum atomic E-state index is 11.4. The summed E-state index contributed by atoms with van der Waals surface area (Å²) in [6, 6.07) is 15.1. The fourth-order valence-electron chi connectivity index (χ4n) is 3.06. The lowest BCUT2D eigenvalue weighted by atomic mass is 9.99. The van der Waals surface area contributed by atoms with Gasteiger partial charge < -0.3 is 5.11 Å². The van der Waals surface area contributed by atoms with Crippen LogP contribution in [-0.4, -0.2) is 25.8 Å². The Balaban J connectivity index is 1.86. The van der Waals surface area contributed by atoms with Gasteiger partial charge in [-0.2, -0.15) is 5.10 Å². The fourth-order valence-corrected chi connectivity index (χ4v) is 3.06. The van der Waals surface area contributed by atoms with E-state index in [2.05, 4.69) is 30.9 Å². The topological polar surface area (TPSA) is 68.0 Å². The molecule has 1 N–H and O–H groups in total. The third-order valence-corrected chi connectivity index (χ3v) is 4.51. The number of carbonyl (C=O) groups is 1. The van der Waals surface area contributed by atoms with Crippen LogP contribution in [0.2, 0.25) is 0 Å². The normalized spacial score (nSPS) is 11.1. The predicted molar refractivity (Wildman–Crippen MR) is 106 cm³/mol. The average Bonchev–Trinajstić information content (AvgIpc) is 3.05. The van der Waals surface area contributed by atoms with Gasteiger partial charge in [0.05, 0.1) is 12.1 Å². The quantitative estimate of drug-likeness (QED) is 0.657. The van der Waals surface area contributed by atoms with E-state index < -0.39 is 5.97 Å². The Bertz CT molecular complexity index is 927. The molecule has 140 valence electrons. The first-order chi connectivity index (χ1) is 13.0. The van der Waals surface area contributed by atoms with Crippen molar-refractivity contribution in [1.82, 2.24) is 14.8 Å². The van der Waals surface area contributed by atoms with Crippen LogP contribution in [0.1, 0.15) is 60.7 Å². The Labute approximate surface area is 159 Å². The first-order valence-electron chi connectivity index (χ1n) is 9.34. The largest absolute Gasteiger partial charge is 0.478 e. The third-order valence-electron chi connectivity index (χ3n) is 4.51. The zero-order valence-electron chi connectivity index (χ0n) is 16.0. The standard InChI is InChI=1S/C22H25N3O2/c1-4-7-20-23-21(15(2)3)24-25(20)14-16-10-12-17(13-11-16)18-8-5-6-9-19(18)22(26)27/h5-6,8-13,15H,4,7,14H2,1-3H3,(H,26,27). The van der Waals surface area contributed by atoms with Gasteiger partial charge in [-0.05, 0) is 29.2 Å². The number of aromatic carboxylic acids is 1. The highest BCUT2D eigenvalue weighted by Crippen LogP contribution is 2.24. The highest BCUT2D eigenvalue weighted by Gasteiger charge is 2.13. The minimum Gasteiger partial charge on any atom is -0.478 e. The van der Waals surface area contributed by atoms with Crippen LogP contribution < -0.4 is 0 Å². The molecule has 0 aliphatic heterocycles. The van der Waals surface area contributed by atoms with Gasteiger partial charge in [0.1, 0.15) is 5.82 Å². The van der Waals surface area contributed by atoms with Gasteiger partial charge in [0, 0.05) is 12.3 Å². The monoisotopic (exact) mass is 363 g/mol. The predicted octanol–water partition coefficient (Wildman–Crippen LogP) is 4.77. The lowest BCUT2D eigenvalue weighted by Crippen LogP contribution is -2.07. The van der Waals surface area contributed by atoms with Crippen molar-refractivity contribution < 1.29 is 9.90 Å². The summed E-state index contributed by atoms with van der Waals surface area (Å²) in [5, 5.41) is 14.1. The van der Waals surface area contributed by atoms with Gasteiger partial charge in [-0.15, -0.1) is 0 Å². The van der Waals surface area contributed by atoms with Crippen molar-refractivity contribution in [3.05, 3.63) is 71.3 Å². The molecule has 0 saturated heterocycles. The van der Waals surface area contributed by atoms with Crippen LogP contribution in [0.15, 0.2) is 48.5 Å². The summed E-state index contributed by atoms with van der Waals surface area (Å²) in [6.07, 6.45) is 1.94. The van der Waals surface area contributed by atoms with Gasteiger partial charge in [-0.25, -0.2) is 14.5 Å². The van der Waals surface area contributed by atoms with E-state index in [-0.39, 0.29) is 0 Å². The van der Waals surface area contributed by atoms with Crippen molar-refractivity contribution in [1.29, 1.82) is 0 Å². The molecule has 1 heterocycles. The number of carboxylic acid groups (broad SMARTS) is 1. The van der Waals surface area contributed by atoms with Crippen LogP contribution in [-0.2, 0) is 13.0 Å². The summed E-state index contributed by atoms with van der Waals surface area (Å²) in [4.78, 5) is 16.1. The van der Waals surface area contributed by atoms with Crippen molar-refractivity contribution in [2.75, 3.05) is 0 Å². The van der Waals surface area contributed by atoms with Crippen LogP contribution in [0.25, 0.3) is 11.1 Å². The van der Waals surface area contributed by atoms with E-state index in [1.165, 1.54) is 0 Å². The van der Waals surface area contributed by atoms with E-state index in [1.54, 1.807) is 12.1 Å². The summed E-state index contributed by atoms with van der Waals surface area (Å²) >= 11 is 0. The molecule has 3 aromatic rings. The van der Waals surface area contributed by atoms with E-state index in [0.717, 1.165) is 41.2 Å². The molecule has 3 rings (SSSR count). The highest BCUT2D eigenvalue weighted by atomic mass is 16.4. The average molecular weight is 363 g/mol. The molecule has 27 heavy (non-hydrogen) atoms. The summed E-state index contributed by atoms with van der Waals surface area (Å²) in [5.41, 5.74) is 3.05. The van der Waals surface area contributed by atoms with Gasteiger partial charge in [0.15, 0.2) is 5.82 Å². The van der Waals surface area contributed by atoms with E-state index in [4.69, 9.17) is 0 Å². The SMILES string of the molecule is CCCc1nc(C(C)C)nn1Cc1ccc(-c2ccccc2C(=O)O)cc1. The zero-order valence-corrected chi connectivity index (χ0v) is 16.0. The van der Waals surface area contributed by atoms with Gasteiger partial charge in [-0.1, -0.05) is 63.2 Å². The van der Waals surface area contributed by atoms with Crippen molar-refractivity contribution in [2.24, 2.45) is 0 Å². The van der Waals surface area contributed by atoms with E-state index in [0.29, 0.717) is 18.0 Å². The van der Waals surface area contributed by atoms with Crippen LogP contribution >= 0.6 is 0 Å². The highest BCUT2D eigenvalue weighted by molar-refractivity contribution is 5.95. The smallest absolute Gasteiger partial charge is 0.336 e. The molecule has 0 aliphatic rings. The number of carboxylic acids is 1. The lowest BCUT2D eigenvalue weighted by Gasteiger charge is -2.09. The molecule has 5 heteroatoms. The summed E-state index contributed by atoms with van der Waals surface area (Å²) in [5.74, 6) is 1.28. The Morgan fingerprint density at radius 2 is 1.81 bits per heavy atom. The minimum absolute atomic E-state index is 0.303. The van der Waals surface area contributed by atoms with Gasteiger partial charge in [0.25, 0.3) is 0 Å². The molecule has 1 aromatic heterocycles. The van der Waals surface area contributed by atoms with E-state index in [9.17, 15) is 9.90 Å². The Hall–Kier alpha value is -2.95.